The minimum Gasteiger partial charge on any atom is -0.480 e. The summed E-state index contributed by atoms with van der Waals surface area (Å²) in [5.41, 5.74) is 5.42. The highest BCUT2D eigenvalue weighted by Crippen LogP contribution is 2.17. The monoisotopic (exact) mass is 308 g/mol. The fourth-order valence-electron chi connectivity index (χ4n) is 2.23. The lowest BCUT2D eigenvalue weighted by molar-refractivity contribution is -0.138. The topological polar surface area (TPSA) is 75.3 Å². The summed E-state index contributed by atoms with van der Waals surface area (Å²) >= 11 is 0. The molecule has 102 valence electrons. The van der Waals surface area contributed by atoms with E-state index in [1.54, 1.807) is 0 Å². The normalized spacial score (nSPS) is 18.4. The smallest absolute Gasteiger partial charge is 0.320 e. The Kier molecular flexibility index (Phi) is 9.78. The standard InChI is InChI=1S/C12H24N2O2.BrH/c13-11(12(15)16)8-4-5-9-14-10-6-2-1-3-7-10;/h10-11,14H,1-9,13H2,(H,15,16);1H/t11-;/m0./s1. The third kappa shape index (κ3) is 7.73. The van der Waals surface area contributed by atoms with Crippen molar-refractivity contribution in [1.82, 2.24) is 5.32 Å². The van der Waals surface area contributed by atoms with Crippen LogP contribution in [0.5, 0.6) is 0 Å². The number of rotatable bonds is 7. The molecule has 0 heterocycles. The van der Waals surface area contributed by atoms with Gasteiger partial charge in [-0.2, -0.15) is 0 Å². The third-order valence-corrected chi connectivity index (χ3v) is 3.30. The molecule has 0 aromatic rings. The minimum atomic E-state index is -0.889. The average Bonchev–Trinajstić information content (AvgIpc) is 2.29. The summed E-state index contributed by atoms with van der Waals surface area (Å²) in [5, 5.41) is 12.1. The lowest BCUT2D eigenvalue weighted by atomic mass is 9.95. The first kappa shape index (κ1) is 16.9. The second kappa shape index (κ2) is 9.85. The maximum atomic E-state index is 10.5. The Labute approximate surface area is 114 Å². The SMILES string of the molecule is Br.N[C@@H](CCCCNC1CCCCC1)C(=O)O. The van der Waals surface area contributed by atoms with E-state index in [1.165, 1.54) is 32.1 Å². The molecular formula is C12H25BrN2O2. The van der Waals surface area contributed by atoms with Gasteiger partial charge in [0.2, 0.25) is 0 Å². The van der Waals surface area contributed by atoms with Crippen LogP contribution in [0.1, 0.15) is 51.4 Å². The van der Waals surface area contributed by atoms with Crippen molar-refractivity contribution in [3.05, 3.63) is 0 Å². The first-order valence-corrected chi connectivity index (χ1v) is 6.42. The van der Waals surface area contributed by atoms with Crippen LogP contribution in [0.3, 0.4) is 0 Å². The molecular weight excluding hydrogens is 284 g/mol. The van der Waals surface area contributed by atoms with Gasteiger partial charge in [0.05, 0.1) is 0 Å². The summed E-state index contributed by atoms with van der Waals surface area (Å²) < 4.78 is 0. The molecule has 17 heavy (non-hydrogen) atoms. The molecule has 1 fully saturated rings. The van der Waals surface area contributed by atoms with E-state index >= 15 is 0 Å². The molecule has 0 aromatic carbocycles. The zero-order chi connectivity index (χ0) is 11.8. The van der Waals surface area contributed by atoms with E-state index in [-0.39, 0.29) is 17.0 Å². The van der Waals surface area contributed by atoms with Crippen LogP contribution in [0.25, 0.3) is 0 Å². The lowest BCUT2D eigenvalue weighted by Crippen LogP contribution is -2.32. The van der Waals surface area contributed by atoms with Crippen LogP contribution in [0.15, 0.2) is 0 Å². The summed E-state index contributed by atoms with van der Waals surface area (Å²) in [7, 11) is 0. The molecule has 0 amide bonds. The molecule has 0 aromatic heterocycles. The Bertz CT molecular complexity index is 209. The van der Waals surface area contributed by atoms with Crippen molar-refractivity contribution in [2.24, 2.45) is 5.73 Å². The Morgan fingerprint density at radius 3 is 2.53 bits per heavy atom. The van der Waals surface area contributed by atoms with Crippen LogP contribution in [0, 0.1) is 0 Å². The first-order valence-electron chi connectivity index (χ1n) is 6.42. The number of nitrogens with two attached hydrogens (primary N) is 1. The molecule has 0 unspecified atom stereocenters. The number of hydrogen-bond donors (Lipinski definition) is 3. The van der Waals surface area contributed by atoms with Crippen molar-refractivity contribution >= 4 is 23.0 Å². The zero-order valence-electron chi connectivity index (χ0n) is 10.4. The highest BCUT2D eigenvalue weighted by molar-refractivity contribution is 8.93. The molecule has 0 bridgehead atoms. The van der Waals surface area contributed by atoms with Gasteiger partial charge in [0, 0.05) is 6.04 Å². The largest absolute Gasteiger partial charge is 0.480 e. The zero-order valence-corrected chi connectivity index (χ0v) is 12.1. The van der Waals surface area contributed by atoms with E-state index in [0.717, 1.165) is 19.4 Å². The maximum Gasteiger partial charge on any atom is 0.320 e. The van der Waals surface area contributed by atoms with Gasteiger partial charge in [-0.25, -0.2) is 0 Å². The van der Waals surface area contributed by atoms with Crippen LogP contribution >= 0.6 is 17.0 Å². The highest BCUT2D eigenvalue weighted by Gasteiger charge is 2.12. The predicted molar refractivity (Wildman–Crippen MR) is 74.7 cm³/mol. The van der Waals surface area contributed by atoms with Crippen LogP contribution < -0.4 is 11.1 Å². The molecule has 0 radical (unpaired) electrons. The summed E-state index contributed by atoms with van der Waals surface area (Å²) in [5.74, 6) is -0.889. The van der Waals surface area contributed by atoms with E-state index in [2.05, 4.69) is 5.32 Å². The Hall–Kier alpha value is -0.130. The van der Waals surface area contributed by atoms with Crippen LogP contribution in [-0.4, -0.2) is 29.7 Å². The number of aliphatic carboxylic acids is 1. The Morgan fingerprint density at radius 2 is 1.94 bits per heavy atom. The molecule has 0 aliphatic heterocycles. The number of carboxylic acid groups (broad SMARTS) is 1. The molecule has 1 aliphatic rings. The molecule has 5 heteroatoms. The van der Waals surface area contributed by atoms with Gasteiger partial charge >= 0.3 is 5.97 Å². The Balaban J connectivity index is 0.00000256. The van der Waals surface area contributed by atoms with Crippen molar-refractivity contribution in [2.75, 3.05) is 6.54 Å². The van der Waals surface area contributed by atoms with Crippen molar-refractivity contribution in [1.29, 1.82) is 0 Å². The van der Waals surface area contributed by atoms with Gasteiger partial charge in [-0.3, -0.25) is 4.79 Å². The molecule has 0 saturated heterocycles. The van der Waals surface area contributed by atoms with E-state index in [1.807, 2.05) is 0 Å². The van der Waals surface area contributed by atoms with Crippen LogP contribution in [-0.2, 0) is 4.79 Å². The van der Waals surface area contributed by atoms with Crippen molar-refractivity contribution in [3.8, 4) is 0 Å². The highest BCUT2D eigenvalue weighted by atomic mass is 79.9. The summed E-state index contributed by atoms with van der Waals surface area (Å²) in [6.07, 6.45) is 9.18. The van der Waals surface area contributed by atoms with Gasteiger partial charge in [0.25, 0.3) is 0 Å². The minimum absolute atomic E-state index is 0. The second-order valence-corrected chi connectivity index (χ2v) is 4.73. The molecule has 1 aliphatic carbocycles. The summed E-state index contributed by atoms with van der Waals surface area (Å²) in [4.78, 5) is 10.5. The Morgan fingerprint density at radius 1 is 1.29 bits per heavy atom. The number of halogens is 1. The van der Waals surface area contributed by atoms with Gasteiger partial charge in [-0.1, -0.05) is 25.7 Å². The predicted octanol–water partition coefficient (Wildman–Crippen LogP) is 2.07. The average molecular weight is 309 g/mol. The second-order valence-electron chi connectivity index (χ2n) is 4.73. The lowest BCUT2D eigenvalue weighted by Gasteiger charge is -2.22. The van der Waals surface area contributed by atoms with Gasteiger partial charge in [0.1, 0.15) is 6.04 Å². The number of hydrogen-bond acceptors (Lipinski definition) is 3. The summed E-state index contributed by atoms with van der Waals surface area (Å²) in [6.45, 7) is 0.997. The van der Waals surface area contributed by atoms with Crippen molar-refractivity contribution in [2.45, 2.75) is 63.5 Å². The third-order valence-electron chi connectivity index (χ3n) is 3.30. The fraction of sp³-hybridized carbons (Fsp3) is 0.917. The van der Waals surface area contributed by atoms with Gasteiger partial charge < -0.3 is 16.2 Å². The molecule has 1 rings (SSSR count). The molecule has 4 nitrogen and oxygen atoms in total. The first-order chi connectivity index (χ1) is 7.70. The van der Waals surface area contributed by atoms with Crippen LogP contribution in [0.2, 0.25) is 0 Å². The maximum absolute atomic E-state index is 10.5. The summed E-state index contributed by atoms with van der Waals surface area (Å²) in [6, 6.07) is 0.0107. The van der Waals surface area contributed by atoms with E-state index in [4.69, 9.17) is 10.8 Å². The number of nitrogens with one attached hydrogen (secondary N) is 1. The van der Waals surface area contributed by atoms with E-state index < -0.39 is 12.0 Å². The van der Waals surface area contributed by atoms with Gasteiger partial charge in [-0.15, -0.1) is 17.0 Å². The van der Waals surface area contributed by atoms with Gasteiger partial charge in [0.15, 0.2) is 0 Å². The van der Waals surface area contributed by atoms with E-state index in [0.29, 0.717) is 12.5 Å². The quantitative estimate of drug-likeness (QED) is 0.629. The van der Waals surface area contributed by atoms with Crippen molar-refractivity contribution in [3.63, 3.8) is 0 Å². The number of carbonyl (C=O) groups is 1. The number of unbranched alkanes of at least 4 members (excludes halogenated alkanes) is 1. The molecule has 1 atom stereocenters. The number of carboxylic acids is 1. The fourth-order valence-corrected chi connectivity index (χ4v) is 2.23. The molecule has 4 N–H and O–H groups in total. The van der Waals surface area contributed by atoms with Crippen LogP contribution in [0.4, 0.5) is 0 Å². The van der Waals surface area contributed by atoms with Gasteiger partial charge in [-0.05, 0) is 32.2 Å². The molecule has 0 spiro atoms. The van der Waals surface area contributed by atoms with Crippen molar-refractivity contribution < 1.29 is 9.90 Å². The molecule has 1 saturated carbocycles. The van der Waals surface area contributed by atoms with E-state index in [9.17, 15) is 4.79 Å².